The van der Waals surface area contributed by atoms with Crippen LogP contribution in [0.2, 0.25) is 0 Å². The smallest absolute Gasteiger partial charge is 0.373 e. The first-order chi connectivity index (χ1) is 15.7. The van der Waals surface area contributed by atoms with Gasteiger partial charge in [-0.1, -0.05) is 6.07 Å². The van der Waals surface area contributed by atoms with Crippen molar-refractivity contribution in [1.82, 2.24) is 9.97 Å². The van der Waals surface area contributed by atoms with Gasteiger partial charge in [0.1, 0.15) is 17.6 Å². The Morgan fingerprint density at radius 3 is 2.58 bits per heavy atom. The molecular weight excluding hydrogens is 436 g/mol. The number of rotatable bonds is 7. The van der Waals surface area contributed by atoms with E-state index in [0.29, 0.717) is 5.69 Å². The molecule has 0 saturated carbocycles. The molecule has 0 aliphatic carbocycles. The molecule has 7 N–H and O–H groups in total. The van der Waals surface area contributed by atoms with Crippen LogP contribution in [0.4, 0.5) is 17.2 Å². The number of nitriles is 1. The predicted octanol–water partition coefficient (Wildman–Crippen LogP) is 2.43. The lowest BCUT2D eigenvalue weighted by atomic mass is 10.1. The van der Waals surface area contributed by atoms with Gasteiger partial charge in [-0.05, 0) is 30.3 Å². The number of aromatic carboxylic acids is 1. The third kappa shape index (κ3) is 5.19. The Morgan fingerprint density at radius 2 is 1.94 bits per heavy atom. The van der Waals surface area contributed by atoms with Gasteiger partial charge in [-0.3, -0.25) is 15.5 Å². The van der Waals surface area contributed by atoms with Crippen molar-refractivity contribution >= 4 is 29.1 Å². The Morgan fingerprint density at radius 1 is 1.21 bits per heavy atom. The van der Waals surface area contributed by atoms with Gasteiger partial charge in [0.25, 0.3) is 0 Å². The van der Waals surface area contributed by atoms with Gasteiger partial charge >= 0.3 is 23.5 Å². The number of guanidine groups is 1. The van der Waals surface area contributed by atoms with Crippen molar-refractivity contribution in [2.45, 2.75) is 0 Å². The highest BCUT2D eigenvalue weighted by Gasteiger charge is 2.26. The van der Waals surface area contributed by atoms with Crippen molar-refractivity contribution in [3.05, 3.63) is 63.7 Å². The first-order valence-electron chi connectivity index (χ1n) is 8.84. The number of nitrogens with one attached hydrogen (secondary N) is 2. The zero-order chi connectivity index (χ0) is 24.1. The molecule has 3 rings (SSSR count). The summed E-state index contributed by atoms with van der Waals surface area (Å²) >= 11 is 0. The molecule has 0 aliphatic heterocycles. The average Bonchev–Trinajstić information content (AvgIpc) is 2.72. The second-order valence-corrected chi connectivity index (χ2v) is 6.20. The van der Waals surface area contributed by atoms with Gasteiger partial charge in [-0.2, -0.15) is 15.2 Å². The van der Waals surface area contributed by atoms with Crippen LogP contribution in [0.3, 0.4) is 0 Å². The minimum atomic E-state index is -1.39. The van der Waals surface area contributed by atoms with Crippen LogP contribution in [-0.4, -0.2) is 31.9 Å². The summed E-state index contributed by atoms with van der Waals surface area (Å²) in [6, 6.07) is 10.9. The number of hydrogen-bond acceptors (Lipinski definition) is 10. The van der Waals surface area contributed by atoms with E-state index in [9.17, 15) is 20.0 Å². The summed E-state index contributed by atoms with van der Waals surface area (Å²) < 4.78 is 10.9. The highest BCUT2D eigenvalue weighted by molar-refractivity contribution is 5.91. The lowest BCUT2D eigenvalue weighted by Crippen LogP contribution is -2.20. The molecule has 0 unspecified atom stereocenters. The molecule has 14 heteroatoms. The van der Waals surface area contributed by atoms with E-state index in [0.717, 1.165) is 6.07 Å². The molecule has 0 atom stereocenters. The minimum Gasteiger partial charge on any atom is -0.478 e. The predicted molar refractivity (Wildman–Crippen MR) is 113 cm³/mol. The second kappa shape index (κ2) is 9.14. The highest BCUT2D eigenvalue weighted by Crippen LogP contribution is 2.36. The van der Waals surface area contributed by atoms with Gasteiger partial charge in [0.15, 0.2) is 5.96 Å². The second-order valence-electron chi connectivity index (χ2n) is 6.20. The molecule has 3 aromatic rings. The van der Waals surface area contributed by atoms with E-state index in [4.69, 9.17) is 31.6 Å². The highest BCUT2D eigenvalue weighted by atomic mass is 16.6. The molecule has 0 radical (unpaired) electrons. The molecule has 1 aromatic heterocycles. The summed E-state index contributed by atoms with van der Waals surface area (Å²) in [5, 5.41) is 39.6. The molecule has 0 saturated heterocycles. The molecule has 0 aliphatic rings. The Kier molecular flexibility index (Phi) is 6.16. The monoisotopic (exact) mass is 450 g/mol. The minimum absolute atomic E-state index is 0.130. The third-order valence-electron chi connectivity index (χ3n) is 3.92. The van der Waals surface area contributed by atoms with E-state index in [1.54, 1.807) is 18.2 Å². The van der Waals surface area contributed by atoms with Gasteiger partial charge in [-0.25, -0.2) is 4.79 Å². The zero-order valence-corrected chi connectivity index (χ0v) is 16.5. The van der Waals surface area contributed by atoms with Crippen LogP contribution in [-0.2, 0) is 0 Å². The van der Waals surface area contributed by atoms with Crippen molar-refractivity contribution in [2.75, 3.05) is 11.1 Å². The Balaban J connectivity index is 1.99. The van der Waals surface area contributed by atoms with Crippen LogP contribution in [0.5, 0.6) is 23.4 Å². The first-order valence-corrected chi connectivity index (χ1v) is 8.84. The third-order valence-corrected chi connectivity index (χ3v) is 3.92. The summed E-state index contributed by atoms with van der Waals surface area (Å²) in [7, 11) is 0. The van der Waals surface area contributed by atoms with E-state index >= 15 is 0 Å². The van der Waals surface area contributed by atoms with E-state index in [-0.39, 0.29) is 28.6 Å². The summed E-state index contributed by atoms with van der Waals surface area (Å²) in [5.41, 5.74) is 10.1. The van der Waals surface area contributed by atoms with Crippen molar-refractivity contribution < 1.29 is 24.3 Å². The molecule has 1 heterocycles. The lowest BCUT2D eigenvalue weighted by molar-refractivity contribution is -0.385. The van der Waals surface area contributed by atoms with Crippen LogP contribution in [0.1, 0.15) is 15.9 Å². The number of anilines is 2. The lowest BCUT2D eigenvalue weighted by Gasteiger charge is -2.11. The number of hydrogen-bond donors (Lipinski definition) is 5. The molecule has 0 spiro atoms. The molecular formula is C19H14N8O6. The fraction of sp³-hybridized carbons (Fsp3) is 0. The Bertz CT molecular complexity index is 1320. The van der Waals surface area contributed by atoms with Crippen molar-refractivity contribution in [3.63, 3.8) is 0 Å². The van der Waals surface area contributed by atoms with E-state index in [1.807, 2.05) is 0 Å². The maximum Gasteiger partial charge on any atom is 0.373 e. The molecule has 166 valence electrons. The van der Waals surface area contributed by atoms with Gasteiger partial charge in [0.2, 0.25) is 5.82 Å². The number of nitrogens with two attached hydrogens (primary N) is 2. The number of nitrogens with zero attached hydrogens (tertiary/aromatic N) is 4. The number of carboxylic acid groups (broad SMARTS) is 1. The summed E-state index contributed by atoms with van der Waals surface area (Å²) in [5.74, 6) is -2.83. The summed E-state index contributed by atoms with van der Waals surface area (Å²) in [6.45, 7) is 0. The normalized spacial score (nSPS) is 10.0. The average molecular weight is 450 g/mol. The molecule has 2 aromatic carbocycles. The summed E-state index contributed by atoms with van der Waals surface area (Å²) in [4.78, 5) is 29.6. The van der Waals surface area contributed by atoms with E-state index in [1.165, 1.54) is 24.3 Å². The number of aromatic nitrogens is 2. The number of nitrogen functional groups attached to an aromatic ring is 1. The number of ether oxygens (including phenoxy) is 2. The van der Waals surface area contributed by atoms with E-state index in [2.05, 4.69) is 15.3 Å². The quantitative estimate of drug-likeness (QED) is 0.151. The molecule has 0 amide bonds. The fourth-order valence-electron chi connectivity index (χ4n) is 2.59. The standard InChI is InChI=1S/C19H14N8O6/c20-8-9-4-5-12(7-13(9)17(28)29)32-16-14(27(30)31)15(21)25-19(26-16)33-11-3-1-2-10(6-11)24-18(22)23/h1-7H,(H,28,29)(H2,21,25,26)(H4,22,23,24). The molecule has 14 nitrogen and oxygen atoms in total. The van der Waals surface area contributed by atoms with Crippen LogP contribution < -0.4 is 26.3 Å². The Hall–Kier alpha value is -5.45. The number of nitro groups is 1. The van der Waals surface area contributed by atoms with Crippen molar-refractivity contribution in [3.8, 4) is 29.5 Å². The van der Waals surface area contributed by atoms with Crippen molar-refractivity contribution in [1.29, 1.82) is 10.7 Å². The number of benzene rings is 2. The van der Waals surface area contributed by atoms with Crippen LogP contribution in [0.25, 0.3) is 0 Å². The van der Waals surface area contributed by atoms with Gasteiger partial charge in [-0.15, -0.1) is 0 Å². The summed E-state index contributed by atoms with van der Waals surface area (Å²) in [6.07, 6.45) is 0. The Labute approximate surface area is 184 Å². The topological polar surface area (TPSA) is 236 Å². The van der Waals surface area contributed by atoms with Crippen LogP contribution in [0.15, 0.2) is 42.5 Å². The van der Waals surface area contributed by atoms with Crippen LogP contribution in [0, 0.1) is 26.9 Å². The number of carboxylic acids is 1. The van der Waals surface area contributed by atoms with E-state index < -0.39 is 34.3 Å². The zero-order valence-electron chi connectivity index (χ0n) is 16.5. The van der Waals surface area contributed by atoms with Crippen LogP contribution >= 0.6 is 0 Å². The molecule has 0 bridgehead atoms. The number of carbonyl (C=O) groups is 1. The van der Waals surface area contributed by atoms with Crippen molar-refractivity contribution in [2.24, 2.45) is 5.73 Å². The van der Waals surface area contributed by atoms with Gasteiger partial charge < -0.3 is 31.4 Å². The fourth-order valence-corrected chi connectivity index (χ4v) is 2.59. The SMILES string of the molecule is N#Cc1ccc(Oc2nc(Oc3cccc(NC(=N)N)c3)nc(N)c2[N+](=O)[O-])cc1C(=O)O. The van der Waals surface area contributed by atoms with Gasteiger partial charge in [0, 0.05) is 11.8 Å². The maximum absolute atomic E-state index is 11.5. The van der Waals surface area contributed by atoms with Gasteiger partial charge in [0.05, 0.1) is 16.1 Å². The molecule has 33 heavy (non-hydrogen) atoms. The maximum atomic E-state index is 11.5. The largest absolute Gasteiger partial charge is 0.478 e. The molecule has 0 fully saturated rings. The first kappa shape index (κ1) is 22.2.